The molecule has 5 nitrogen and oxygen atoms in total. The van der Waals surface area contributed by atoms with Crippen LogP contribution in [0.25, 0.3) is 77.6 Å². The van der Waals surface area contributed by atoms with Crippen molar-refractivity contribution in [2.45, 2.75) is 12.0 Å². The first-order valence-electron chi connectivity index (χ1n) is 19.2. The topological polar surface area (TPSA) is 46.3 Å². The highest BCUT2D eigenvalue weighted by Crippen LogP contribution is 2.51. The van der Waals surface area contributed by atoms with Crippen LogP contribution in [0.2, 0.25) is 0 Å². The van der Waals surface area contributed by atoms with Crippen molar-refractivity contribution in [3.63, 3.8) is 0 Å². The predicted molar refractivity (Wildman–Crippen MR) is 229 cm³/mol. The third-order valence-electron chi connectivity index (χ3n) is 11.7. The largest absolute Gasteiger partial charge is 0.333 e. The van der Waals surface area contributed by atoms with Crippen molar-refractivity contribution < 1.29 is 0 Å². The molecule has 0 saturated heterocycles. The molecule has 4 aromatic heterocycles. The van der Waals surface area contributed by atoms with E-state index in [1.165, 1.54) is 66.2 Å². The van der Waals surface area contributed by atoms with Crippen LogP contribution in [-0.2, 0) is 0 Å². The van der Waals surface area contributed by atoms with Gasteiger partial charge in [0.2, 0.25) is 0 Å². The Bertz CT molecular complexity index is 3060. The van der Waals surface area contributed by atoms with Crippen molar-refractivity contribution in [3.05, 3.63) is 199 Å². The van der Waals surface area contributed by atoms with Gasteiger partial charge >= 0.3 is 0 Å². The van der Waals surface area contributed by atoms with Gasteiger partial charge in [0, 0.05) is 67.9 Å². The Hall–Kier alpha value is -7.37. The maximum Gasteiger partial charge on any atom is 0.160 e. The summed E-state index contributed by atoms with van der Waals surface area (Å²) in [5.74, 6) is 0.826. The lowest BCUT2D eigenvalue weighted by Gasteiger charge is -2.29. The zero-order valence-corrected chi connectivity index (χ0v) is 30.3. The van der Waals surface area contributed by atoms with E-state index >= 15 is 0 Å². The van der Waals surface area contributed by atoms with E-state index < -0.39 is 0 Å². The van der Waals surface area contributed by atoms with Crippen LogP contribution in [0.1, 0.15) is 17.0 Å². The van der Waals surface area contributed by atoms with E-state index in [1.54, 1.807) is 0 Å². The van der Waals surface area contributed by atoms with E-state index in [2.05, 4.69) is 160 Å². The molecule has 0 radical (unpaired) electrons. The van der Waals surface area contributed by atoms with Gasteiger partial charge in [-0.2, -0.15) is 0 Å². The van der Waals surface area contributed by atoms with Crippen LogP contribution < -0.4 is 4.90 Å². The molecule has 5 heteroatoms. The third-order valence-corrected chi connectivity index (χ3v) is 11.7. The van der Waals surface area contributed by atoms with Gasteiger partial charge in [0.25, 0.3) is 0 Å². The molecular weight excluding hydrogens is 683 g/mol. The Morgan fingerprint density at radius 3 is 1.86 bits per heavy atom. The zero-order valence-electron chi connectivity index (χ0n) is 30.3. The average Bonchev–Trinajstić information content (AvgIpc) is 3.91. The van der Waals surface area contributed by atoms with Crippen molar-refractivity contribution in [2.24, 2.45) is 0 Å². The van der Waals surface area contributed by atoms with E-state index in [9.17, 15) is 0 Å². The monoisotopic (exact) mass is 715 g/mol. The first-order chi connectivity index (χ1) is 27.8. The van der Waals surface area contributed by atoms with Crippen LogP contribution in [0.5, 0.6) is 0 Å². The van der Waals surface area contributed by atoms with Crippen molar-refractivity contribution in [1.29, 1.82) is 0 Å². The molecule has 1 aliphatic heterocycles. The number of anilines is 2. The van der Waals surface area contributed by atoms with Gasteiger partial charge in [0.15, 0.2) is 5.82 Å². The molecule has 0 N–H and O–H groups in total. The maximum atomic E-state index is 5.19. The fourth-order valence-electron chi connectivity index (χ4n) is 9.24. The van der Waals surface area contributed by atoms with Gasteiger partial charge in [-0.15, -0.1) is 0 Å². The summed E-state index contributed by atoms with van der Waals surface area (Å²) in [6.07, 6.45) is 10.9. The molecule has 0 spiro atoms. The first-order valence-corrected chi connectivity index (χ1v) is 19.2. The summed E-state index contributed by atoms with van der Waals surface area (Å²) >= 11 is 0. The Kier molecular flexibility index (Phi) is 6.69. The average molecular weight is 716 g/mol. The lowest BCUT2D eigenvalue weighted by atomic mass is 9.85. The highest BCUT2D eigenvalue weighted by Gasteiger charge is 2.39. The number of nitrogens with zero attached hydrogens (tertiary/aromatic N) is 5. The van der Waals surface area contributed by atoms with Crippen LogP contribution in [-0.4, -0.2) is 25.4 Å². The number of hydrogen-bond acceptors (Lipinski definition) is 4. The Labute approximate surface area is 323 Å². The van der Waals surface area contributed by atoms with Gasteiger partial charge < -0.3 is 9.30 Å². The molecule has 0 bridgehead atoms. The molecule has 10 aromatic rings. The minimum Gasteiger partial charge on any atom is -0.333 e. The number of aromatic nitrogens is 4. The quantitative estimate of drug-likeness (QED) is 0.178. The number of fused-ring (bicyclic) bond motifs is 9. The Morgan fingerprint density at radius 2 is 1.14 bits per heavy atom. The van der Waals surface area contributed by atoms with Gasteiger partial charge in [-0.1, -0.05) is 109 Å². The Morgan fingerprint density at radius 1 is 0.500 bits per heavy atom. The van der Waals surface area contributed by atoms with Crippen LogP contribution >= 0.6 is 0 Å². The third kappa shape index (κ3) is 4.64. The fraction of sp³-hybridized carbons (Fsp3) is 0.0392. The molecule has 5 heterocycles. The first kappa shape index (κ1) is 31.0. The summed E-state index contributed by atoms with van der Waals surface area (Å²) in [6.45, 7) is 0. The van der Waals surface area contributed by atoms with E-state index in [-0.39, 0.29) is 12.0 Å². The SMILES string of the molecule is C1=CC2C(C=C1c1cc3c4ccccc4n4c5ccccc5c(c1)c34)c1cc(-c3cc(-c4ccncc4)nc(-c4ccccc4)n3)ccc1N2c1ccccc1. The number of pyridine rings is 1. The molecule has 56 heavy (non-hydrogen) atoms. The molecule has 0 saturated carbocycles. The van der Waals surface area contributed by atoms with Crippen molar-refractivity contribution in [1.82, 2.24) is 19.4 Å². The highest BCUT2D eigenvalue weighted by atomic mass is 15.2. The van der Waals surface area contributed by atoms with Crippen molar-refractivity contribution >= 4 is 55.0 Å². The number of hydrogen-bond donors (Lipinski definition) is 0. The van der Waals surface area contributed by atoms with E-state index in [0.717, 1.165) is 28.1 Å². The van der Waals surface area contributed by atoms with Gasteiger partial charge in [0.05, 0.1) is 34.0 Å². The zero-order chi connectivity index (χ0) is 36.7. The summed E-state index contributed by atoms with van der Waals surface area (Å²) in [6, 6.07) is 56.6. The summed E-state index contributed by atoms with van der Waals surface area (Å²) in [5.41, 5.74) is 14.8. The summed E-state index contributed by atoms with van der Waals surface area (Å²) < 4.78 is 2.45. The normalized spacial score (nSPS) is 16.2. The standard InChI is InChI=1S/C51H33N5/c1-3-11-33(12-4-1)51-53-44(32-23-25-52-26-24-32)31-45(54-51)35-20-22-49-41(28-35)40-27-34(19-21-48(40)55(49)37-13-5-2-6-14-37)36-29-42-38-15-7-9-17-46(38)56-47-18-10-8-16-39(47)43(30-36)50(42)56/h1-31,40,48H. The van der Waals surface area contributed by atoms with Crippen LogP contribution in [0.3, 0.4) is 0 Å². The van der Waals surface area contributed by atoms with Crippen LogP contribution in [0.15, 0.2) is 188 Å². The molecule has 0 fully saturated rings. The second kappa shape index (κ2) is 12.1. The van der Waals surface area contributed by atoms with Gasteiger partial charge in [-0.3, -0.25) is 4.98 Å². The van der Waals surface area contributed by atoms with Gasteiger partial charge in [0.1, 0.15) is 0 Å². The summed E-state index contributed by atoms with van der Waals surface area (Å²) in [7, 11) is 0. The molecule has 2 aliphatic rings. The number of rotatable bonds is 5. The highest BCUT2D eigenvalue weighted by molar-refractivity contribution is 6.24. The fourth-order valence-corrected chi connectivity index (χ4v) is 9.24. The number of para-hydroxylation sites is 3. The second-order valence-electron chi connectivity index (χ2n) is 14.8. The lowest BCUT2D eigenvalue weighted by molar-refractivity contribution is 0.747. The Balaban J connectivity index is 1.04. The second-order valence-corrected chi connectivity index (χ2v) is 14.8. The van der Waals surface area contributed by atoms with E-state index in [4.69, 9.17) is 9.97 Å². The van der Waals surface area contributed by atoms with Crippen LogP contribution in [0, 0.1) is 0 Å². The van der Waals surface area contributed by atoms with Crippen molar-refractivity contribution in [2.75, 3.05) is 4.90 Å². The molecule has 262 valence electrons. The molecule has 12 rings (SSSR count). The van der Waals surface area contributed by atoms with Gasteiger partial charge in [-0.05, 0) is 83.4 Å². The number of benzene rings is 6. The van der Waals surface area contributed by atoms with Crippen molar-refractivity contribution in [3.8, 4) is 33.9 Å². The molecule has 6 aromatic carbocycles. The lowest BCUT2D eigenvalue weighted by Crippen LogP contribution is -2.28. The molecule has 2 atom stereocenters. The summed E-state index contributed by atoms with van der Waals surface area (Å²) in [5, 5.41) is 5.16. The minimum absolute atomic E-state index is 0.123. The maximum absolute atomic E-state index is 5.19. The van der Waals surface area contributed by atoms with E-state index in [0.29, 0.717) is 5.82 Å². The molecule has 1 aliphatic carbocycles. The number of allylic oxidation sites excluding steroid dienone is 2. The smallest absolute Gasteiger partial charge is 0.160 e. The minimum atomic E-state index is 0.123. The summed E-state index contributed by atoms with van der Waals surface area (Å²) in [4.78, 5) is 17.0. The predicted octanol–water partition coefficient (Wildman–Crippen LogP) is 12.3. The molecule has 2 unspecified atom stereocenters. The molecular formula is C51H33N5. The van der Waals surface area contributed by atoms with Gasteiger partial charge in [-0.25, -0.2) is 9.97 Å². The van der Waals surface area contributed by atoms with E-state index in [1.807, 2.05) is 42.7 Å². The molecule has 0 amide bonds. The van der Waals surface area contributed by atoms with Crippen LogP contribution in [0.4, 0.5) is 11.4 Å².